The van der Waals surface area contributed by atoms with E-state index in [2.05, 4.69) is 38.5 Å². The number of hydrogen-bond acceptors (Lipinski definition) is 4. The van der Waals surface area contributed by atoms with Crippen LogP contribution in [0.4, 0.5) is 0 Å². The van der Waals surface area contributed by atoms with E-state index in [0.29, 0.717) is 5.88 Å². The summed E-state index contributed by atoms with van der Waals surface area (Å²) in [4.78, 5) is 4.21. The fourth-order valence-electron chi connectivity index (χ4n) is 2.08. The van der Waals surface area contributed by atoms with Crippen molar-refractivity contribution in [1.29, 1.82) is 0 Å². The van der Waals surface area contributed by atoms with Crippen LogP contribution in [0.3, 0.4) is 0 Å². The maximum Gasteiger partial charge on any atom is 0.212 e. The molecule has 0 amide bonds. The highest BCUT2D eigenvalue weighted by molar-refractivity contribution is 9.10. The van der Waals surface area contributed by atoms with Crippen molar-refractivity contribution >= 4 is 15.9 Å². The highest BCUT2D eigenvalue weighted by atomic mass is 79.9. The van der Waals surface area contributed by atoms with Crippen LogP contribution in [0.5, 0.6) is 5.88 Å². The van der Waals surface area contributed by atoms with E-state index in [9.17, 15) is 0 Å². The minimum Gasteiger partial charge on any atom is -0.481 e. The number of hydrogen-bond donors (Lipinski definition) is 2. The standard InChI is InChI=1S/C15H18BrN3O/c1-20-15-6-5-12(10-18-15)9-14(19-17)8-11-3-2-4-13(16)7-11/h2-7,10,14,19H,8-9,17H2,1H3. The maximum absolute atomic E-state index is 5.66. The number of nitrogens with one attached hydrogen (secondary N) is 1. The summed E-state index contributed by atoms with van der Waals surface area (Å²) in [5, 5.41) is 0. The van der Waals surface area contributed by atoms with Gasteiger partial charge in [-0.15, -0.1) is 0 Å². The number of benzene rings is 1. The number of nitrogens with zero attached hydrogens (tertiary/aromatic N) is 1. The molecule has 4 nitrogen and oxygen atoms in total. The third kappa shape index (κ3) is 4.30. The molecule has 0 saturated heterocycles. The largest absolute Gasteiger partial charge is 0.481 e. The van der Waals surface area contributed by atoms with Crippen molar-refractivity contribution in [2.24, 2.45) is 5.84 Å². The molecular formula is C15H18BrN3O. The number of pyridine rings is 1. The van der Waals surface area contributed by atoms with Crippen LogP contribution in [-0.2, 0) is 12.8 Å². The van der Waals surface area contributed by atoms with Crippen molar-refractivity contribution in [2.45, 2.75) is 18.9 Å². The Balaban J connectivity index is 2.01. The van der Waals surface area contributed by atoms with E-state index in [1.54, 1.807) is 7.11 Å². The molecule has 0 aliphatic heterocycles. The second-order valence-electron chi connectivity index (χ2n) is 4.61. The van der Waals surface area contributed by atoms with Crippen LogP contribution in [0.15, 0.2) is 47.1 Å². The number of nitrogens with two attached hydrogens (primary N) is 1. The first-order valence-electron chi connectivity index (χ1n) is 6.40. The first kappa shape index (κ1) is 15.0. The monoisotopic (exact) mass is 335 g/mol. The molecule has 0 fully saturated rings. The van der Waals surface area contributed by atoms with E-state index in [-0.39, 0.29) is 6.04 Å². The molecule has 0 saturated carbocycles. The zero-order valence-electron chi connectivity index (χ0n) is 11.3. The van der Waals surface area contributed by atoms with Gasteiger partial charge in [0.2, 0.25) is 5.88 Å². The number of hydrazine groups is 1. The highest BCUT2D eigenvalue weighted by Crippen LogP contribution is 2.15. The minimum atomic E-state index is 0.166. The number of halogens is 1. The SMILES string of the molecule is COc1ccc(CC(Cc2cccc(Br)c2)NN)cn1. The fraction of sp³-hybridized carbons (Fsp3) is 0.267. The second kappa shape index (κ2) is 7.38. The predicted molar refractivity (Wildman–Crippen MR) is 83.5 cm³/mol. The molecule has 1 aromatic carbocycles. The average molecular weight is 336 g/mol. The smallest absolute Gasteiger partial charge is 0.212 e. The molecular weight excluding hydrogens is 318 g/mol. The molecule has 0 radical (unpaired) electrons. The van der Waals surface area contributed by atoms with Gasteiger partial charge in [0.05, 0.1) is 7.11 Å². The molecule has 5 heteroatoms. The lowest BCUT2D eigenvalue weighted by atomic mass is 10.0. The van der Waals surface area contributed by atoms with Gasteiger partial charge in [-0.25, -0.2) is 4.98 Å². The Bertz CT molecular complexity index is 545. The lowest BCUT2D eigenvalue weighted by Gasteiger charge is -2.16. The molecule has 1 atom stereocenters. The third-order valence-corrected chi connectivity index (χ3v) is 3.59. The molecule has 1 unspecified atom stereocenters. The maximum atomic E-state index is 5.66. The van der Waals surface area contributed by atoms with Crippen molar-refractivity contribution < 1.29 is 4.74 Å². The summed E-state index contributed by atoms with van der Waals surface area (Å²) in [5.74, 6) is 6.28. The number of methoxy groups -OCH3 is 1. The van der Waals surface area contributed by atoms with Crippen molar-refractivity contribution in [3.05, 3.63) is 58.2 Å². The van der Waals surface area contributed by atoms with Crippen molar-refractivity contribution in [1.82, 2.24) is 10.4 Å². The van der Waals surface area contributed by atoms with E-state index in [1.165, 1.54) is 5.56 Å². The van der Waals surface area contributed by atoms with Crippen LogP contribution in [-0.4, -0.2) is 18.1 Å². The van der Waals surface area contributed by atoms with Gasteiger partial charge in [0, 0.05) is 22.8 Å². The Morgan fingerprint density at radius 1 is 1.25 bits per heavy atom. The third-order valence-electron chi connectivity index (χ3n) is 3.10. The Hall–Kier alpha value is -1.43. The van der Waals surface area contributed by atoms with Gasteiger partial charge in [-0.05, 0) is 36.1 Å². The summed E-state index contributed by atoms with van der Waals surface area (Å²) in [7, 11) is 1.61. The first-order valence-corrected chi connectivity index (χ1v) is 7.20. The van der Waals surface area contributed by atoms with Gasteiger partial charge in [-0.3, -0.25) is 11.3 Å². The average Bonchev–Trinajstić information content (AvgIpc) is 2.47. The molecule has 0 bridgehead atoms. The van der Waals surface area contributed by atoms with Gasteiger partial charge >= 0.3 is 0 Å². The lowest BCUT2D eigenvalue weighted by Crippen LogP contribution is -2.38. The summed E-state index contributed by atoms with van der Waals surface area (Å²) < 4.78 is 6.13. The molecule has 20 heavy (non-hydrogen) atoms. The van der Waals surface area contributed by atoms with Crippen LogP contribution >= 0.6 is 15.9 Å². The van der Waals surface area contributed by atoms with E-state index >= 15 is 0 Å². The Kier molecular flexibility index (Phi) is 5.52. The van der Waals surface area contributed by atoms with Gasteiger partial charge in [-0.1, -0.05) is 34.1 Å². The van der Waals surface area contributed by atoms with Gasteiger partial charge in [0.15, 0.2) is 0 Å². The lowest BCUT2D eigenvalue weighted by molar-refractivity contribution is 0.397. The molecule has 1 aromatic heterocycles. The highest BCUT2D eigenvalue weighted by Gasteiger charge is 2.09. The van der Waals surface area contributed by atoms with E-state index < -0.39 is 0 Å². The molecule has 106 valence electrons. The number of aromatic nitrogens is 1. The van der Waals surface area contributed by atoms with Crippen LogP contribution in [0, 0.1) is 0 Å². The van der Waals surface area contributed by atoms with Gasteiger partial charge in [-0.2, -0.15) is 0 Å². The van der Waals surface area contributed by atoms with Gasteiger partial charge < -0.3 is 4.74 Å². The Morgan fingerprint density at radius 2 is 2.05 bits per heavy atom. The molecule has 0 spiro atoms. The fourth-order valence-corrected chi connectivity index (χ4v) is 2.52. The summed E-state index contributed by atoms with van der Waals surface area (Å²) in [6.45, 7) is 0. The van der Waals surface area contributed by atoms with Crippen molar-refractivity contribution in [2.75, 3.05) is 7.11 Å². The summed E-state index contributed by atoms with van der Waals surface area (Å²) in [6, 6.07) is 12.3. The van der Waals surface area contributed by atoms with Gasteiger partial charge in [0.1, 0.15) is 0 Å². The van der Waals surface area contributed by atoms with Crippen LogP contribution in [0.25, 0.3) is 0 Å². The van der Waals surface area contributed by atoms with E-state index in [4.69, 9.17) is 10.6 Å². The first-order chi connectivity index (χ1) is 9.71. The Labute approximate surface area is 127 Å². The van der Waals surface area contributed by atoms with E-state index in [1.807, 2.05) is 30.5 Å². The van der Waals surface area contributed by atoms with Crippen molar-refractivity contribution in [3.63, 3.8) is 0 Å². The van der Waals surface area contributed by atoms with Crippen molar-refractivity contribution in [3.8, 4) is 5.88 Å². The molecule has 0 aliphatic rings. The normalized spacial score (nSPS) is 12.2. The topological polar surface area (TPSA) is 60.2 Å². The summed E-state index contributed by atoms with van der Waals surface area (Å²) in [6.07, 6.45) is 3.51. The predicted octanol–water partition coefficient (Wildman–Crippen LogP) is 2.47. The quantitative estimate of drug-likeness (QED) is 0.628. The minimum absolute atomic E-state index is 0.166. The number of ether oxygens (including phenoxy) is 1. The van der Waals surface area contributed by atoms with Crippen LogP contribution in [0.1, 0.15) is 11.1 Å². The molecule has 2 rings (SSSR count). The summed E-state index contributed by atoms with van der Waals surface area (Å²) >= 11 is 3.48. The van der Waals surface area contributed by atoms with Crippen LogP contribution < -0.4 is 16.0 Å². The molecule has 0 aliphatic carbocycles. The second-order valence-corrected chi connectivity index (χ2v) is 5.53. The zero-order chi connectivity index (χ0) is 14.4. The Morgan fingerprint density at radius 3 is 2.65 bits per heavy atom. The van der Waals surface area contributed by atoms with Crippen LogP contribution in [0.2, 0.25) is 0 Å². The molecule has 2 aromatic rings. The van der Waals surface area contributed by atoms with E-state index in [0.717, 1.165) is 22.9 Å². The zero-order valence-corrected chi connectivity index (χ0v) is 12.9. The molecule has 1 heterocycles. The molecule has 3 N–H and O–H groups in total. The summed E-state index contributed by atoms with van der Waals surface area (Å²) in [5.41, 5.74) is 5.24. The van der Waals surface area contributed by atoms with Gasteiger partial charge in [0.25, 0.3) is 0 Å². The number of rotatable bonds is 6.